The lowest BCUT2D eigenvalue weighted by atomic mass is 9.79. The van der Waals surface area contributed by atoms with E-state index in [9.17, 15) is 34.5 Å². The number of rotatable bonds is 15. The van der Waals surface area contributed by atoms with Crippen LogP contribution < -0.4 is 10.4 Å². The molecule has 1 aliphatic carbocycles. The molecule has 0 saturated carbocycles. The highest BCUT2D eigenvalue weighted by Gasteiger charge is 2.51. The van der Waals surface area contributed by atoms with Crippen LogP contribution in [-0.4, -0.2) is 114 Å². The average Bonchev–Trinajstić information content (AvgIpc) is 3.33. The van der Waals surface area contributed by atoms with Gasteiger partial charge in [0, 0.05) is 42.6 Å². The molecule has 0 bridgehead atoms. The smallest absolute Gasteiger partial charge is 0.321 e. The number of hydrogen-bond donors (Lipinski definition) is 3. The second-order valence-corrected chi connectivity index (χ2v) is 24.8. The van der Waals surface area contributed by atoms with E-state index in [1.807, 2.05) is 43.3 Å². The van der Waals surface area contributed by atoms with Gasteiger partial charge in [0.05, 0.1) is 41.1 Å². The lowest BCUT2D eigenvalue weighted by Gasteiger charge is -2.43. The van der Waals surface area contributed by atoms with Crippen LogP contribution in [0, 0.1) is 0 Å². The molecule has 8 rings (SSSR count). The largest absolute Gasteiger partial charge is 0.507 e. The van der Waals surface area contributed by atoms with Gasteiger partial charge in [-0.2, -0.15) is 0 Å². The van der Waals surface area contributed by atoms with Gasteiger partial charge in [0.15, 0.2) is 29.9 Å². The van der Waals surface area contributed by atoms with Crippen LogP contribution in [0.4, 0.5) is 0 Å². The molecule has 14 nitrogen and oxygen atoms in total. The number of phenols is 2. The van der Waals surface area contributed by atoms with Crippen molar-refractivity contribution >= 4 is 53.6 Å². The normalized spacial score (nSPS) is 26.6. The molecule has 2 saturated heterocycles. The number of ether oxygens (including phenoxy) is 6. The Bertz CT molecular complexity index is 2610. The molecule has 0 unspecified atom stereocenters. The number of aliphatic hydroxyl groups is 1. The van der Waals surface area contributed by atoms with Crippen molar-refractivity contribution in [3.63, 3.8) is 0 Å². The highest BCUT2D eigenvalue weighted by Crippen LogP contribution is 2.45. The average molecular weight is 1010 g/mol. The fourth-order valence-corrected chi connectivity index (χ4v) is 15.1. The molecule has 4 aliphatic rings. The lowest BCUT2D eigenvalue weighted by Crippen LogP contribution is -2.66. The van der Waals surface area contributed by atoms with Crippen LogP contribution in [0.25, 0.3) is 0 Å². The number of benzene rings is 4. The molecule has 3 N–H and O–H groups in total. The van der Waals surface area contributed by atoms with Gasteiger partial charge in [-0.15, -0.1) is 11.6 Å². The molecule has 0 aromatic heterocycles. The third kappa shape index (κ3) is 10.7. The van der Waals surface area contributed by atoms with Gasteiger partial charge < -0.3 is 48.2 Å². The number of phenolic OH excluding ortho intramolecular Hbond substituents is 2. The number of esters is 1. The Kier molecular flexibility index (Phi) is 15.6. The van der Waals surface area contributed by atoms with Gasteiger partial charge in [-0.25, -0.2) is 0 Å². The number of carbonyl (C=O) groups is 4. The van der Waals surface area contributed by atoms with Gasteiger partial charge >= 0.3 is 5.97 Å². The van der Waals surface area contributed by atoms with Gasteiger partial charge in [0.2, 0.25) is 0 Å². The molecule has 16 heteroatoms. The minimum atomic E-state index is -2.90. The maximum absolute atomic E-state index is 14.3. The zero-order valence-electron chi connectivity index (χ0n) is 41.1. The van der Waals surface area contributed by atoms with Crippen molar-refractivity contribution in [1.29, 1.82) is 0 Å². The highest BCUT2D eigenvalue weighted by atomic mass is 35.5. The molecule has 3 aliphatic heterocycles. The molecular formula is C55H63ClO14Si. The van der Waals surface area contributed by atoms with Crippen LogP contribution in [0.15, 0.2) is 97.1 Å². The molecule has 0 amide bonds. The summed E-state index contributed by atoms with van der Waals surface area (Å²) in [6.45, 7) is 13.6. The van der Waals surface area contributed by atoms with E-state index >= 15 is 0 Å². The van der Waals surface area contributed by atoms with Crippen molar-refractivity contribution in [2.24, 2.45) is 0 Å². The molecule has 0 radical (unpaired) electrons. The maximum atomic E-state index is 14.3. The first-order valence-corrected chi connectivity index (χ1v) is 26.7. The predicted molar refractivity (Wildman–Crippen MR) is 266 cm³/mol. The number of halogens is 1. The first kappa shape index (κ1) is 52.3. The Morgan fingerprint density at radius 1 is 0.761 bits per heavy atom. The van der Waals surface area contributed by atoms with Crippen molar-refractivity contribution in [2.75, 3.05) is 12.5 Å². The predicted octanol–water partition coefficient (Wildman–Crippen LogP) is 7.30. The summed E-state index contributed by atoms with van der Waals surface area (Å²) in [4.78, 5) is 53.1. The standard InChI is InChI=1S/C55H63ClO14Si/c1-31-40(57)22-24-45(66-31)69-41-23-25-46(67-32(41)2)70-53-33(3)65-42(28-43(53)68-44(58)30-56)37-20-21-39-48(50(37)60)52(62)38-19-18-34(49(59)47(38)51(39)61)29-55(7,63)26-27-64-71(54(4,5)6,35-14-10-8-11-15-35)36-16-12-9-13-17-36/h8-22,24,31-33,41-43,45-46,53,59-60,63H,23,25-30H2,1-7H3/t31-,32-,33+,41-,42+,43+,45-,46-,53+,55-/m0/s1. The zero-order chi connectivity index (χ0) is 51.0. The number of carbonyl (C=O) groups excluding carboxylic acids is 4. The zero-order valence-corrected chi connectivity index (χ0v) is 42.8. The van der Waals surface area contributed by atoms with Gasteiger partial charge in [0.25, 0.3) is 8.32 Å². The van der Waals surface area contributed by atoms with Crippen LogP contribution in [-0.2, 0) is 48.9 Å². The third-order valence-electron chi connectivity index (χ3n) is 14.1. The van der Waals surface area contributed by atoms with E-state index < -0.39 is 98.0 Å². The minimum Gasteiger partial charge on any atom is -0.507 e. The number of ketones is 3. The van der Waals surface area contributed by atoms with Gasteiger partial charge in [-0.1, -0.05) is 93.6 Å². The Balaban J connectivity index is 0.961. The molecular weight excluding hydrogens is 948 g/mol. The molecule has 10 atom stereocenters. The minimum absolute atomic E-state index is 0.00796. The molecule has 3 heterocycles. The Labute approximate surface area is 420 Å². The summed E-state index contributed by atoms with van der Waals surface area (Å²) < 4.78 is 43.6. The van der Waals surface area contributed by atoms with E-state index in [0.29, 0.717) is 12.8 Å². The first-order valence-electron chi connectivity index (χ1n) is 24.2. The quantitative estimate of drug-likeness (QED) is 0.0537. The molecule has 4 aromatic rings. The molecule has 2 fully saturated rings. The molecule has 378 valence electrons. The van der Waals surface area contributed by atoms with E-state index in [4.69, 9.17) is 44.4 Å². The van der Waals surface area contributed by atoms with Crippen LogP contribution >= 0.6 is 11.6 Å². The second-order valence-electron chi connectivity index (χ2n) is 20.3. The summed E-state index contributed by atoms with van der Waals surface area (Å²) in [5.74, 6) is -3.53. The van der Waals surface area contributed by atoms with E-state index in [1.54, 1.807) is 26.8 Å². The fraction of sp³-hybridized carbons (Fsp3) is 0.455. The number of hydrogen-bond acceptors (Lipinski definition) is 14. The van der Waals surface area contributed by atoms with Crippen molar-refractivity contribution in [1.82, 2.24) is 0 Å². The van der Waals surface area contributed by atoms with Crippen LogP contribution in [0.5, 0.6) is 11.5 Å². The summed E-state index contributed by atoms with van der Waals surface area (Å²) in [6, 6.07) is 26.2. The first-order chi connectivity index (χ1) is 33.7. The topological polar surface area (TPSA) is 194 Å². The number of aromatic hydroxyl groups is 2. The van der Waals surface area contributed by atoms with E-state index in [2.05, 4.69) is 45.0 Å². The van der Waals surface area contributed by atoms with Crippen molar-refractivity contribution in [3.8, 4) is 11.5 Å². The summed E-state index contributed by atoms with van der Waals surface area (Å²) in [7, 11) is -2.90. The van der Waals surface area contributed by atoms with Crippen LogP contribution in [0.1, 0.15) is 123 Å². The fourth-order valence-electron chi connectivity index (χ4n) is 10.4. The van der Waals surface area contributed by atoms with Gasteiger partial charge in [0.1, 0.15) is 35.7 Å². The number of alkyl halides is 1. The monoisotopic (exact) mass is 1010 g/mol. The SMILES string of the molecule is C[C@@H]1O[C@@H](O[C@H]2CC[C@H](O[C@@H]3[C@@H](C)O[C@@H](c4ccc5c(c4O)C(=O)c4ccc(C[C@@](C)(O)CCO[Si](c6ccccc6)(c6ccccc6)C(C)(C)C)c(O)c4C5=O)C[C@H]3OC(=O)CCl)O[C@H]2C)C=CC1=O. The Morgan fingerprint density at radius 3 is 1.97 bits per heavy atom. The van der Waals surface area contributed by atoms with Gasteiger partial charge in [-0.05, 0) is 85.8 Å². The van der Waals surface area contributed by atoms with Crippen molar-refractivity contribution in [3.05, 3.63) is 130 Å². The van der Waals surface area contributed by atoms with E-state index in [0.717, 1.165) is 10.4 Å². The van der Waals surface area contributed by atoms with E-state index in [1.165, 1.54) is 30.3 Å². The summed E-state index contributed by atoms with van der Waals surface area (Å²) in [5.41, 5.74) is -1.63. The van der Waals surface area contributed by atoms with E-state index in [-0.39, 0.29) is 76.2 Å². The van der Waals surface area contributed by atoms with Gasteiger partial charge in [-0.3, -0.25) is 19.2 Å². The Morgan fingerprint density at radius 2 is 1.38 bits per heavy atom. The van der Waals surface area contributed by atoms with Crippen molar-refractivity contribution < 1.29 is 67.3 Å². The summed E-state index contributed by atoms with van der Waals surface area (Å²) >= 11 is 5.89. The second kappa shape index (κ2) is 21.2. The molecule has 4 aromatic carbocycles. The highest BCUT2D eigenvalue weighted by molar-refractivity contribution is 6.99. The lowest BCUT2D eigenvalue weighted by molar-refractivity contribution is -0.293. The third-order valence-corrected chi connectivity index (χ3v) is 19.4. The van der Waals surface area contributed by atoms with Crippen LogP contribution in [0.3, 0.4) is 0 Å². The number of fused-ring (bicyclic) bond motifs is 2. The van der Waals surface area contributed by atoms with Crippen LogP contribution in [0.2, 0.25) is 5.04 Å². The maximum Gasteiger partial charge on any atom is 0.321 e. The Hall–Kier alpha value is -5.07. The van der Waals surface area contributed by atoms with Crippen molar-refractivity contribution in [2.45, 2.75) is 147 Å². The molecule has 71 heavy (non-hydrogen) atoms. The molecule has 0 spiro atoms. The summed E-state index contributed by atoms with van der Waals surface area (Å²) in [6.07, 6.45) is -2.12. The summed E-state index contributed by atoms with van der Waals surface area (Å²) in [5, 5.41) is 37.3.